The molecular weight excluding hydrogens is 308 g/mol. The van der Waals surface area contributed by atoms with E-state index in [2.05, 4.69) is 4.98 Å². The number of alkyl halides is 2. The van der Waals surface area contributed by atoms with E-state index in [0.29, 0.717) is 0 Å². The standard InChI is InChI=1S/C16H13F2NO2S/c1-16(17,18)13-7-8-14(15-12(13)9-10-19-15)22(20,21)11-5-3-2-4-6-11/h2-10,19H,1H3. The van der Waals surface area contributed by atoms with Crippen LogP contribution >= 0.6 is 0 Å². The van der Waals surface area contributed by atoms with E-state index in [0.717, 1.165) is 6.92 Å². The van der Waals surface area contributed by atoms with Crippen LogP contribution in [0.15, 0.2) is 64.5 Å². The molecule has 3 aromatic rings. The zero-order valence-electron chi connectivity index (χ0n) is 11.7. The number of nitrogens with one attached hydrogen (secondary N) is 1. The summed E-state index contributed by atoms with van der Waals surface area (Å²) in [7, 11) is -3.77. The van der Waals surface area contributed by atoms with E-state index in [1.165, 1.54) is 36.5 Å². The lowest BCUT2D eigenvalue weighted by molar-refractivity contribution is 0.0190. The lowest BCUT2D eigenvalue weighted by atomic mass is 10.1. The van der Waals surface area contributed by atoms with Gasteiger partial charge < -0.3 is 4.98 Å². The molecular formula is C16H13F2NO2S. The number of hydrogen-bond acceptors (Lipinski definition) is 2. The topological polar surface area (TPSA) is 49.9 Å². The Morgan fingerprint density at radius 1 is 1.00 bits per heavy atom. The van der Waals surface area contributed by atoms with Gasteiger partial charge in [-0.1, -0.05) is 24.3 Å². The summed E-state index contributed by atoms with van der Waals surface area (Å²) in [6.07, 6.45) is 1.46. The fourth-order valence-electron chi connectivity index (χ4n) is 2.46. The molecule has 0 saturated heterocycles. The summed E-state index contributed by atoms with van der Waals surface area (Å²) >= 11 is 0. The monoisotopic (exact) mass is 321 g/mol. The second-order valence-corrected chi connectivity index (χ2v) is 7.00. The third kappa shape index (κ3) is 2.29. The summed E-state index contributed by atoms with van der Waals surface area (Å²) in [6.45, 7) is 0.792. The highest BCUT2D eigenvalue weighted by Crippen LogP contribution is 2.36. The van der Waals surface area contributed by atoms with Crippen molar-refractivity contribution in [3.63, 3.8) is 0 Å². The summed E-state index contributed by atoms with van der Waals surface area (Å²) < 4.78 is 52.7. The van der Waals surface area contributed by atoms with Crippen LogP contribution in [0, 0.1) is 0 Å². The highest BCUT2D eigenvalue weighted by Gasteiger charge is 2.30. The Morgan fingerprint density at radius 2 is 1.68 bits per heavy atom. The predicted octanol–water partition coefficient (Wildman–Crippen LogP) is 4.11. The quantitative estimate of drug-likeness (QED) is 0.789. The average molecular weight is 321 g/mol. The van der Waals surface area contributed by atoms with Gasteiger partial charge >= 0.3 is 0 Å². The van der Waals surface area contributed by atoms with Gasteiger partial charge in [0.1, 0.15) is 0 Å². The van der Waals surface area contributed by atoms with Gasteiger partial charge in [0, 0.05) is 24.1 Å². The van der Waals surface area contributed by atoms with Crippen LogP contribution in [-0.2, 0) is 15.8 Å². The van der Waals surface area contributed by atoms with Gasteiger partial charge in [0.2, 0.25) is 9.84 Å². The van der Waals surface area contributed by atoms with Crippen LogP contribution in [0.1, 0.15) is 12.5 Å². The zero-order valence-corrected chi connectivity index (χ0v) is 12.5. The molecule has 0 spiro atoms. The van der Waals surface area contributed by atoms with Crippen LogP contribution in [0.5, 0.6) is 0 Å². The van der Waals surface area contributed by atoms with Crippen LogP contribution in [0.4, 0.5) is 8.78 Å². The van der Waals surface area contributed by atoms with E-state index >= 15 is 0 Å². The molecule has 3 rings (SSSR count). The summed E-state index contributed by atoms with van der Waals surface area (Å²) in [5, 5.41) is 0.213. The number of halogens is 2. The third-order valence-electron chi connectivity index (χ3n) is 3.50. The number of sulfone groups is 1. The SMILES string of the molecule is CC(F)(F)c1ccc(S(=O)(=O)c2ccccc2)c2[nH]ccc12. The Bertz CT molecular complexity index is 926. The maximum atomic E-state index is 13.6. The van der Waals surface area contributed by atoms with Crippen molar-refractivity contribution in [2.24, 2.45) is 0 Å². The van der Waals surface area contributed by atoms with Crippen LogP contribution in [-0.4, -0.2) is 13.4 Å². The average Bonchev–Trinajstić information content (AvgIpc) is 2.95. The molecule has 114 valence electrons. The molecule has 1 aromatic heterocycles. The Hall–Kier alpha value is -2.21. The molecule has 3 nitrogen and oxygen atoms in total. The van der Waals surface area contributed by atoms with Crippen LogP contribution < -0.4 is 0 Å². The summed E-state index contributed by atoms with van der Waals surface area (Å²) in [4.78, 5) is 2.88. The maximum Gasteiger partial charge on any atom is 0.271 e. The molecule has 0 amide bonds. The van der Waals surface area contributed by atoms with Crippen molar-refractivity contribution in [3.8, 4) is 0 Å². The van der Waals surface area contributed by atoms with E-state index in [4.69, 9.17) is 0 Å². The molecule has 1 heterocycles. The Morgan fingerprint density at radius 3 is 2.32 bits per heavy atom. The normalized spacial score (nSPS) is 12.7. The van der Waals surface area contributed by atoms with Crippen molar-refractivity contribution in [2.45, 2.75) is 22.6 Å². The first-order chi connectivity index (χ1) is 10.3. The van der Waals surface area contributed by atoms with E-state index < -0.39 is 15.8 Å². The number of aromatic amines is 1. The molecule has 0 aliphatic rings. The molecule has 2 aromatic carbocycles. The van der Waals surface area contributed by atoms with Gasteiger partial charge in [-0.2, -0.15) is 0 Å². The second kappa shape index (κ2) is 4.91. The largest absolute Gasteiger partial charge is 0.360 e. The van der Waals surface area contributed by atoms with E-state index in [-0.39, 0.29) is 26.3 Å². The first-order valence-electron chi connectivity index (χ1n) is 6.60. The van der Waals surface area contributed by atoms with E-state index in [9.17, 15) is 17.2 Å². The zero-order chi connectivity index (χ0) is 16.0. The number of hydrogen-bond donors (Lipinski definition) is 1. The second-order valence-electron chi connectivity index (χ2n) is 5.08. The number of fused-ring (bicyclic) bond motifs is 1. The molecule has 0 aliphatic heterocycles. The van der Waals surface area contributed by atoms with Crippen molar-refractivity contribution in [2.75, 3.05) is 0 Å². The van der Waals surface area contributed by atoms with Crippen molar-refractivity contribution in [1.82, 2.24) is 4.98 Å². The van der Waals surface area contributed by atoms with Crippen molar-refractivity contribution in [1.29, 1.82) is 0 Å². The number of rotatable bonds is 3. The van der Waals surface area contributed by atoms with Gasteiger partial charge in [0.25, 0.3) is 5.92 Å². The molecule has 0 radical (unpaired) electrons. The van der Waals surface area contributed by atoms with Gasteiger partial charge in [0.05, 0.1) is 15.3 Å². The minimum Gasteiger partial charge on any atom is -0.360 e. The molecule has 0 aliphatic carbocycles. The maximum absolute atomic E-state index is 13.6. The number of aromatic nitrogens is 1. The van der Waals surface area contributed by atoms with Crippen molar-refractivity contribution < 1.29 is 17.2 Å². The summed E-state index contributed by atoms with van der Waals surface area (Å²) in [6, 6.07) is 11.8. The van der Waals surface area contributed by atoms with Crippen LogP contribution in [0.3, 0.4) is 0 Å². The first-order valence-corrected chi connectivity index (χ1v) is 8.08. The highest BCUT2D eigenvalue weighted by molar-refractivity contribution is 7.91. The molecule has 0 atom stereocenters. The Balaban J connectivity index is 2.29. The minimum absolute atomic E-state index is 0.00769. The fourth-order valence-corrected chi connectivity index (χ4v) is 3.92. The summed E-state index contributed by atoms with van der Waals surface area (Å²) in [5.74, 6) is -3.05. The molecule has 1 N–H and O–H groups in total. The Kier molecular flexibility index (Phi) is 3.29. The minimum atomic E-state index is -3.77. The molecule has 22 heavy (non-hydrogen) atoms. The van der Waals surface area contributed by atoms with Gasteiger partial charge in [-0.3, -0.25) is 0 Å². The van der Waals surface area contributed by atoms with Gasteiger partial charge in [-0.15, -0.1) is 0 Å². The van der Waals surface area contributed by atoms with Crippen molar-refractivity contribution >= 4 is 20.7 Å². The Labute approximate surface area is 126 Å². The smallest absolute Gasteiger partial charge is 0.271 e. The first kappa shape index (κ1) is 14.7. The lowest BCUT2D eigenvalue weighted by Crippen LogP contribution is -2.09. The molecule has 0 fully saturated rings. The van der Waals surface area contributed by atoms with Gasteiger partial charge in [0.15, 0.2) is 0 Å². The number of benzene rings is 2. The summed E-state index contributed by atoms with van der Waals surface area (Å²) in [5.41, 5.74) is -0.00126. The number of H-pyrrole nitrogens is 1. The molecule has 0 saturated carbocycles. The van der Waals surface area contributed by atoms with Crippen LogP contribution in [0.25, 0.3) is 10.9 Å². The third-order valence-corrected chi connectivity index (χ3v) is 5.31. The molecule has 6 heteroatoms. The fraction of sp³-hybridized carbons (Fsp3) is 0.125. The predicted molar refractivity (Wildman–Crippen MR) is 79.8 cm³/mol. The van der Waals surface area contributed by atoms with Gasteiger partial charge in [-0.05, 0) is 24.3 Å². The lowest BCUT2D eigenvalue weighted by Gasteiger charge is -2.14. The van der Waals surface area contributed by atoms with Crippen molar-refractivity contribution in [3.05, 3.63) is 60.3 Å². The van der Waals surface area contributed by atoms with E-state index in [1.807, 2.05) is 0 Å². The van der Waals surface area contributed by atoms with E-state index in [1.54, 1.807) is 18.2 Å². The molecule has 0 unspecified atom stereocenters. The molecule has 0 bridgehead atoms. The highest BCUT2D eigenvalue weighted by atomic mass is 32.2. The van der Waals surface area contributed by atoms with Crippen LogP contribution in [0.2, 0.25) is 0 Å². The van der Waals surface area contributed by atoms with Gasteiger partial charge in [-0.25, -0.2) is 17.2 Å².